The Hall–Kier alpha value is -2.90. The summed E-state index contributed by atoms with van der Waals surface area (Å²) < 4.78 is 30.8. The van der Waals surface area contributed by atoms with Crippen molar-refractivity contribution >= 4 is 15.7 Å². The lowest BCUT2D eigenvalue weighted by atomic mass is 10.0. The monoisotopic (exact) mass is 440 g/mol. The third kappa shape index (κ3) is 5.62. The predicted molar refractivity (Wildman–Crippen MR) is 120 cm³/mol. The van der Waals surface area contributed by atoms with Crippen molar-refractivity contribution < 1.29 is 17.6 Å². The molecule has 0 fully saturated rings. The largest absolute Gasteiger partial charge is 0.459 e. The molecule has 3 rings (SSSR count). The first-order valence-corrected chi connectivity index (χ1v) is 12.0. The van der Waals surface area contributed by atoms with Gasteiger partial charge in [-0.1, -0.05) is 62.4 Å². The molecule has 164 valence electrons. The minimum atomic E-state index is -3.58. The van der Waals surface area contributed by atoms with Crippen molar-refractivity contribution in [1.82, 2.24) is 10.2 Å². The van der Waals surface area contributed by atoms with Gasteiger partial charge in [-0.3, -0.25) is 9.69 Å². The normalized spacial score (nSPS) is 12.6. The van der Waals surface area contributed by atoms with Crippen LogP contribution in [0.4, 0.5) is 0 Å². The Balaban J connectivity index is 1.75. The number of nitrogens with one attached hydrogen (secondary N) is 1. The van der Waals surface area contributed by atoms with E-state index < -0.39 is 15.7 Å². The molecule has 0 aliphatic carbocycles. The average molecular weight is 441 g/mol. The quantitative estimate of drug-likeness (QED) is 0.514. The number of carbonyl (C=O) groups excluding carboxylic acids is 1. The lowest BCUT2D eigenvalue weighted by Crippen LogP contribution is -2.38. The number of nitrogens with zero attached hydrogens (tertiary/aromatic N) is 1. The topological polar surface area (TPSA) is 79.6 Å². The van der Waals surface area contributed by atoms with E-state index in [4.69, 9.17) is 4.42 Å². The highest BCUT2D eigenvalue weighted by atomic mass is 32.2. The third-order valence-electron chi connectivity index (χ3n) is 5.29. The van der Waals surface area contributed by atoms with Crippen LogP contribution in [0, 0.1) is 0 Å². The summed E-state index contributed by atoms with van der Waals surface area (Å²) in [6, 6.07) is 19.7. The van der Waals surface area contributed by atoms with E-state index in [0.717, 1.165) is 18.7 Å². The maximum absolute atomic E-state index is 12.9. The number of rotatable bonds is 10. The second kappa shape index (κ2) is 10.4. The van der Waals surface area contributed by atoms with Crippen LogP contribution in [0.2, 0.25) is 0 Å². The second-order valence-electron chi connectivity index (χ2n) is 7.20. The van der Waals surface area contributed by atoms with E-state index in [-0.39, 0.29) is 22.5 Å². The minimum Gasteiger partial charge on any atom is -0.459 e. The van der Waals surface area contributed by atoms with Gasteiger partial charge in [-0.05, 0) is 36.9 Å². The molecule has 1 atom stereocenters. The summed E-state index contributed by atoms with van der Waals surface area (Å²) in [6.07, 6.45) is 1.35. The highest BCUT2D eigenvalue weighted by Crippen LogP contribution is 2.22. The zero-order valence-corrected chi connectivity index (χ0v) is 18.6. The summed E-state index contributed by atoms with van der Waals surface area (Å²) in [5, 5.41) is 2.93. The van der Waals surface area contributed by atoms with Crippen molar-refractivity contribution in [3.8, 4) is 0 Å². The molecule has 0 unspecified atom stereocenters. The molecule has 0 saturated carbocycles. The highest BCUT2D eigenvalue weighted by molar-refractivity contribution is 7.90. The van der Waals surface area contributed by atoms with Gasteiger partial charge in [0.1, 0.15) is 0 Å². The lowest BCUT2D eigenvalue weighted by molar-refractivity contribution is 0.0906. The molecular formula is C24H28N2O4S. The SMILES string of the molecule is CCN(CC)[C@@H](CNC(=O)c1occc1CS(=O)(=O)c1ccccc1)c1ccccc1. The number of amides is 1. The number of benzene rings is 2. The molecule has 1 aromatic heterocycles. The third-order valence-corrected chi connectivity index (χ3v) is 6.98. The summed E-state index contributed by atoms with van der Waals surface area (Å²) in [7, 11) is -3.58. The first-order chi connectivity index (χ1) is 15.0. The molecule has 0 aliphatic heterocycles. The van der Waals surface area contributed by atoms with E-state index in [1.54, 1.807) is 30.3 Å². The van der Waals surface area contributed by atoms with Crippen molar-refractivity contribution in [2.24, 2.45) is 0 Å². The van der Waals surface area contributed by atoms with Crippen molar-refractivity contribution in [2.45, 2.75) is 30.5 Å². The Morgan fingerprint density at radius 3 is 2.19 bits per heavy atom. The number of sulfone groups is 1. The van der Waals surface area contributed by atoms with Gasteiger partial charge in [0.15, 0.2) is 15.6 Å². The molecule has 31 heavy (non-hydrogen) atoms. The van der Waals surface area contributed by atoms with Gasteiger partial charge in [-0.2, -0.15) is 0 Å². The van der Waals surface area contributed by atoms with Crippen molar-refractivity contribution in [1.29, 1.82) is 0 Å². The summed E-state index contributed by atoms with van der Waals surface area (Å²) in [6.45, 7) is 6.23. The van der Waals surface area contributed by atoms with Crippen molar-refractivity contribution in [2.75, 3.05) is 19.6 Å². The summed E-state index contributed by atoms with van der Waals surface area (Å²) in [4.78, 5) is 15.3. The van der Waals surface area contributed by atoms with Gasteiger partial charge >= 0.3 is 0 Å². The molecule has 0 bridgehead atoms. The van der Waals surface area contributed by atoms with E-state index in [1.165, 1.54) is 12.3 Å². The van der Waals surface area contributed by atoms with Gasteiger partial charge in [-0.25, -0.2) is 8.42 Å². The van der Waals surface area contributed by atoms with Crippen LogP contribution in [0.25, 0.3) is 0 Å². The van der Waals surface area contributed by atoms with Gasteiger partial charge in [-0.15, -0.1) is 0 Å². The Labute approximate surface area is 183 Å². The Kier molecular flexibility index (Phi) is 7.65. The maximum atomic E-state index is 12.9. The lowest BCUT2D eigenvalue weighted by Gasteiger charge is -2.30. The van der Waals surface area contributed by atoms with Gasteiger partial charge < -0.3 is 9.73 Å². The highest BCUT2D eigenvalue weighted by Gasteiger charge is 2.24. The van der Waals surface area contributed by atoms with Gasteiger partial charge in [0.2, 0.25) is 0 Å². The van der Waals surface area contributed by atoms with Crippen LogP contribution >= 0.6 is 0 Å². The van der Waals surface area contributed by atoms with Crippen LogP contribution < -0.4 is 5.32 Å². The number of carbonyl (C=O) groups is 1. The number of hydrogen-bond donors (Lipinski definition) is 1. The van der Waals surface area contributed by atoms with Gasteiger partial charge in [0, 0.05) is 12.1 Å². The molecular weight excluding hydrogens is 412 g/mol. The second-order valence-corrected chi connectivity index (χ2v) is 9.19. The molecule has 0 spiro atoms. The van der Waals surface area contributed by atoms with Crippen LogP contribution in [-0.2, 0) is 15.6 Å². The molecule has 2 aromatic carbocycles. The number of furan rings is 1. The molecule has 0 aliphatic rings. The molecule has 1 heterocycles. The molecule has 3 aromatic rings. The molecule has 0 radical (unpaired) electrons. The number of hydrogen-bond acceptors (Lipinski definition) is 5. The van der Waals surface area contributed by atoms with Crippen LogP contribution in [0.15, 0.2) is 82.3 Å². The van der Waals surface area contributed by atoms with Gasteiger partial charge in [0.05, 0.1) is 23.0 Å². The Morgan fingerprint density at radius 2 is 1.58 bits per heavy atom. The average Bonchev–Trinajstić information content (AvgIpc) is 3.25. The maximum Gasteiger partial charge on any atom is 0.287 e. The van der Waals surface area contributed by atoms with Crippen LogP contribution in [0.5, 0.6) is 0 Å². The number of likely N-dealkylation sites (N-methyl/N-ethyl adjacent to an activating group) is 1. The fourth-order valence-electron chi connectivity index (χ4n) is 3.63. The smallest absolute Gasteiger partial charge is 0.287 e. The summed E-state index contributed by atoms with van der Waals surface area (Å²) in [5.41, 5.74) is 1.46. The Morgan fingerprint density at radius 1 is 0.968 bits per heavy atom. The van der Waals surface area contributed by atoms with Gasteiger partial charge in [0.25, 0.3) is 5.91 Å². The molecule has 0 saturated heterocycles. The first kappa shape index (κ1) is 22.8. The fourth-order valence-corrected chi connectivity index (χ4v) is 5.01. The van der Waals surface area contributed by atoms with Crippen LogP contribution in [0.3, 0.4) is 0 Å². The minimum absolute atomic E-state index is 0.00612. The standard InChI is InChI=1S/C24H28N2O4S/c1-3-26(4-2)22(19-11-7-5-8-12-19)17-25-24(27)23-20(15-16-30-23)18-31(28,29)21-13-9-6-10-14-21/h5-16,22H,3-4,17-18H2,1-2H3,(H,25,27)/t22-/m0/s1. The molecule has 1 amide bonds. The van der Waals surface area contributed by atoms with Crippen LogP contribution in [0.1, 0.15) is 41.6 Å². The van der Waals surface area contributed by atoms with E-state index >= 15 is 0 Å². The van der Waals surface area contributed by atoms with Crippen molar-refractivity contribution in [3.63, 3.8) is 0 Å². The zero-order valence-electron chi connectivity index (χ0n) is 17.8. The first-order valence-electron chi connectivity index (χ1n) is 10.4. The molecule has 6 nitrogen and oxygen atoms in total. The van der Waals surface area contributed by atoms with E-state index in [9.17, 15) is 13.2 Å². The van der Waals surface area contributed by atoms with E-state index in [2.05, 4.69) is 24.1 Å². The fraction of sp³-hybridized carbons (Fsp3) is 0.292. The molecule has 1 N–H and O–H groups in total. The Bertz CT molecular complexity index is 1080. The summed E-state index contributed by atoms with van der Waals surface area (Å²) in [5.74, 6) is -0.684. The van der Waals surface area contributed by atoms with Crippen LogP contribution in [-0.4, -0.2) is 38.9 Å². The van der Waals surface area contributed by atoms with E-state index in [0.29, 0.717) is 12.1 Å². The zero-order chi connectivity index (χ0) is 22.3. The molecule has 7 heteroatoms. The predicted octanol–water partition coefficient (Wildman–Crippen LogP) is 4.07. The summed E-state index contributed by atoms with van der Waals surface area (Å²) >= 11 is 0. The van der Waals surface area contributed by atoms with Crippen molar-refractivity contribution in [3.05, 3.63) is 89.9 Å². The van der Waals surface area contributed by atoms with E-state index in [1.807, 2.05) is 30.3 Å².